The summed E-state index contributed by atoms with van der Waals surface area (Å²) >= 11 is 5.38. The first-order valence-corrected chi connectivity index (χ1v) is 10.4. The Hall–Kier alpha value is 1.76. The predicted octanol–water partition coefficient (Wildman–Crippen LogP) is 7.54. The molecule has 0 N–H and O–H groups in total. The Morgan fingerprint density at radius 1 is 0.450 bits per heavy atom. The van der Waals surface area contributed by atoms with Gasteiger partial charge in [-0.25, -0.2) is 0 Å². The van der Waals surface area contributed by atoms with Gasteiger partial charge in [0.1, 0.15) is 0 Å². The highest BCUT2D eigenvalue weighted by atomic mass is 35.5. The summed E-state index contributed by atoms with van der Waals surface area (Å²) in [6.45, 7) is 0. The Morgan fingerprint density at radius 2 is 0.650 bits per heavy atom. The number of hydrogen-bond acceptors (Lipinski definition) is 6. The molecule has 122 valence electrons. The maximum absolute atomic E-state index is 11.9. The van der Waals surface area contributed by atoms with E-state index in [1.54, 1.807) is 0 Å². The van der Waals surface area contributed by atoms with E-state index in [4.69, 9.17) is 11.6 Å². The maximum Gasteiger partial charge on any atom is 0.452 e. The van der Waals surface area contributed by atoms with Crippen molar-refractivity contribution in [2.24, 2.45) is 0 Å². The van der Waals surface area contributed by atoms with Gasteiger partial charge in [-0.3, -0.25) is 0 Å². The molecule has 0 atom stereocenters. The van der Waals surface area contributed by atoms with Crippen LogP contribution in [0.25, 0.3) is 0 Å². The standard InChI is InChI=1S/C4ClF9S6/c5-1(15-18-2(6,7)8,16-19-3(9,10)11)17-20-4(12,13)14. The quantitative estimate of drug-likeness (QED) is 0.177. The highest BCUT2D eigenvalue weighted by Crippen LogP contribution is 2.67. The Kier molecular flexibility index (Phi) is 8.74. The monoisotopic (exact) mass is 446 g/mol. The normalized spacial score (nSPS) is 14.7. The lowest BCUT2D eigenvalue weighted by molar-refractivity contribution is -0.0320. The SMILES string of the molecule is FC(F)(F)SSC(Cl)(SSC(F)(F)F)SSC(F)(F)F. The fraction of sp³-hybridized carbons (Fsp3) is 1.00. The van der Waals surface area contributed by atoms with Crippen LogP contribution in [-0.2, 0) is 0 Å². The minimum atomic E-state index is -4.85. The molecule has 0 unspecified atom stereocenters. The molecule has 0 rings (SSSR count). The summed E-state index contributed by atoms with van der Waals surface area (Å²) in [5.41, 5.74) is -14.5. The Morgan fingerprint density at radius 3 is 0.800 bits per heavy atom. The van der Waals surface area contributed by atoms with Crippen LogP contribution in [0.15, 0.2) is 0 Å². The smallest absolute Gasteiger partial charge is 0.160 e. The number of halogens is 10. The first kappa shape index (κ1) is 21.8. The zero-order valence-electron chi connectivity index (χ0n) is 8.23. The maximum atomic E-state index is 11.9. The highest BCUT2D eigenvalue weighted by Gasteiger charge is 2.45. The topological polar surface area (TPSA) is 0 Å². The van der Waals surface area contributed by atoms with Gasteiger partial charge in [0, 0.05) is 32.4 Å². The molecular formula is C4ClF9S6. The second kappa shape index (κ2) is 8.04. The average molecular weight is 447 g/mol. The summed E-state index contributed by atoms with van der Waals surface area (Å²) in [4.78, 5) is 0. The zero-order valence-corrected chi connectivity index (χ0v) is 13.9. The van der Waals surface area contributed by atoms with Crippen LogP contribution in [0, 0.1) is 0 Å². The molecule has 0 saturated carbocycles. The van der Waals surface area contributed by atoms with Gasteiger partial charge in [0.2, 0.25) is 2.87 Å². The van der Waals surface area contributed by atoms with E-state index in [0.717, 1.165) is 0 Å². The molecule has 0 bridgehead atoms. The summed E-state index contributed by atoms with van der Waals surface area (Å²) in [6.07, 6.45) is 0. The van der Waals surface area contributed by atoms with Crippen LogP contribution in [0.4, 0.5) is 39.5 Å². The van der Waals surface area contributed by atoms with E-state index in [1.807, 2.05) is 0 Å². The second-order valence-corrected chi connectivity index (χ2v) is 11.6. The van der Waals surface area contributed by atoms with E-state index >= 15 is 0 Å². The van der Waals surface area contributed by atoms with E-state index in [9.17, 15) is 39.5 Å². The van der Waals surface area contributed by atoms with Crippen LogP contribution in [0.1, 0.15) is 0 Å². The zero-order chi connectivity index (χ0) is 16.2. The molecule has 0 aliphatic rings. The Balaban J connectivity index is 4.66. The number of rotatable bonds is 6. The fourth-order valence-corrected chi connectivity index (χ4v) is 8.68. The molecule has 20 heavy (non-hydrogen) atoms. The highest BCUT2D eigenvalue weighted by molar-refractivity contribution is 8.95. The van der Waals surface area contributed by atoms with Crippen molar-refractivity contribution in [1.82, 2.24) is 0 Å². The lowest BCUT2D eigenvalue weighted by Crippen LogP contribution is -2.09. The van der Waals surface area contributed by atoms with Gasteiger partial charge in [-0.15, -0.1) is 0 Å². The molecule has 0 aliphatic carbocycles. The van der Waals surface area contributed by atoms with Crippen LogP contribution >= 0.6 is 76.4 Å². The lowest BCUT2D eigenvalue weighted by Gasteiger charge is -2.24. The first-order chi connectivity index (χ1) is 8.62. The molecule has 0 aliphatic heterocycles. The molecule has 0 fully saturated rings. The number of hydrogen-bond donors (Lipinski definition) is 0. The number of alkyl halides is 10. The molecule has 0 aromatic carbocycles. The summed E-state index contributed by atoms with van der Waals surface area (Å²) < 4.78 is 105. The van der Waals surface area contributed by atoms with Crippen molar-refractivity contribution in [1.29, 1.82) is 0 Å². The van der Waals surface area contributed by atoms with E-state index < -0.39 is 51.8 Å². The van der Waals surface area contributed by atoms with Crippen molar-refractivity contribution >= 4 is 76.4 Å². The molecule has 0 radical (unpaired) electrons. The van der Waals surface area contributed by atoms with Gasteiger partial charge in [0.25, 0.3) is 0 Å². The molecule has 0 heterocycles. The van der Waals surface area contributed by atoms with Gasteiger partial charge < -0.3 is 0 Å². The second-order valence-electron chi connectivity index (χ2n) is 2.32. The predicted molar refractivity (Wildman–Crippen MR) is 72.3 cm³/mol. The minimum absolute atomic E-state index is 0.346. The Bertz CT molecular complexity index is 253. The fourth-order valence-electron chi connectivity index (χ4n) is 0.333. The molecule has 0 aromatic rings. The largest absolute Gasteiger partial charge is 0.452 e. The third-order valence-corrected chi connectivity index (χ3v) is 11.7. The van der Waals surface area contributed by atoms with Gasteiger partial charge in [0.05, 0.1) is 0 Å². The molecular weight excluding hydrogens is 447 g/mol. The lowest BCUT2D eigenvalue weighted by atomic mass is 11.6. The van der Waals surface area contributed by atoms with Crippen molar-refractivity contribution < 1.29 is 39.5 Å². The summed E-state index contributed by atoms with van der Waals surface area (Å²) in [5, 5.41) is 0. The summed E-state index contributed by atoms with van der Waals surface area (Å²) in [5.74, 6) is 0. The van der Waals surface area contributed by atoms with E-state index in [1.165, 1.54) is 0 Å². The third kappa shape index (κ3) is 13.4. The van der Waals surface area contributed by atoms with Crippen LogP contribution in [0.2, 0.25) is 0 Å². The van der Waals surface area contributed by atoms with Crippen LogP contribution in [-0.4, -0.2) is 19.4 Å². The molecule has 0 aromatic heterocycles. The van der Waals surface area contributed by atoms with Crippen LogP contribution in [0.5, 0.6) is 0 Å². The van der Waals surface area contributed by atoms with E-state index in [-0.39, 0.29) is 32.4 Å². The minimum Gasteiger partial charge on any atom is -0.160 e. The van der Waals surface area contributed by atoms with Crippen molar-refractivity contribution in [3.63, 3.8) is 0 Å². The van der Waals surface area contributed by atoms with E-state index in [2.05, 4.69) is 0 Å². The first-order valence-electron chi connectivity index (χ1n) is 3.61. The molecule has 0 nitrogen and oxygen atoms in total. The molecule has 0 spiro atoms. The van der Waals surface area contributed by atoms with Crippen molar-refractivity contribution in [3.05, 3.63) is 0 Å². The summed E-state index contributed by atoms with van der Waals surface area (Å²) in [6, 6.07) is 0. The van der Waals surface area contributed by atoms with Gasteiger partial charge >= 0.3 is 16.5 Å². The average Bonchev–Trinajstić information content (AvgIpc) is 2.18. The van der Waals surface area contributed by atoms with Crippen LogP contribution in [0.3, 0.4) is 0 Å². The van der Waals surface area contributed by atoms with Gasteiger partial charge in [-0.05, 0) is 32.4 Å². The third-order valence-electron chi connectivity index (χ3n) is 0.707. The van der Waals surface area contributed by atoms with Crippen molar-refractivity contribution in [2.75, 3.05) is 0 Å². The van der Waals surface area contributed by atoms with Crippen molar-refractivity contribution in [2.45, 2.75) is 19.4 Å². The van der Waals surface area contributed by atoms with Gasteiger partial charge in [0.15, 0.2) is 0 Å². The summed E-state index contributed by atoms with van der Waals surface area (Å²) in [7, 11) is -3.67. The van der Waals surface area contributed by atoms with Crippen molar-refractivity contribution in [3.8, 4) is 0 Å². The Labute approximate surface area is 135 Å². The molecule has 0 saturated heterocycles. The molecule has 16 heteroatoms. The van der Waals surface area contributed by atoms with Crippen LogP contribution < -0.4 is 0 Å². The van der Waals surface area contributed by atoms with Gasteiger partial charge in [-0.1, -0.05) is 11.6 Å². The van der Waals surface area contributed by atoms with Gasteiger partial charge in [-0.2, -0.15) is 39.5 Å². The van der Waals surface area contributed by atoms with E-state index in [0.29, 0.717) is 0 Å². The molecule has 0 amide bonds.